The lowest BCUT2D eigenvalue weighted by Crippen LogP contribution is -2.28. The van der Waals surface area contributed by atoms with Crippen LogP contribution >= 0.6 is 0 Å². The van der Waals surface area contributed by atoms with Crippen molar-refractivity contribution in [2.24, 2.45) is 0 Å². The summed E-state index contributed by atoms with van der Waals surface area (Å²) in [4.78, 5) is 2.16. The van der Waals surface area contributed by atoms with Crippen LogP contribution in [0.3, 0.4) is 0 Å². The zero-order valence-electron chi connectivity index (χ0n) is 8.92. The Balaban J connectivity index is 2.57. The Morgan fingerprint density at radius 2 is 2.20 bits per heavy atom. The molecule has 0 spiro atoms. The van der Waals surface area contributed by atoms with Gasteiger partial charge in [0.05, 0.1) is 11.3 Å². The van der Waals surface area contributed by atoms with E-state index < -0.39 is 0 Å². The highest BCUT2D eigenvalue weighted by Gasteiger charge is 2.25. The highest BCUT2D eigenvalue weighted by atomic mass is 19.1. The number of halogens is 1. The van der Waals surface area contributed by atoms with Gasteiger partial charge in [0.1, 0.15) is 11.9 Å². The van der Waals surface area contributed by atoms with Gasteiger partial charge in [0.25, 0.3) is 0 Å². The van der Waals surface area contributed by atoms with Crippen LogP contribution in [-0.4, -0.2) is 12.6 Å². The Hall–Kier alpha value is -1.56. The first kappa shape index (κ1) is 9.97. The zero-order chi connectivity index (χ0) is 11.0. The molecule has 3 heteroatoms. The van der Waals surface area contributed by atoms with E-state index in [0.29, 0.717) is 11.6 Å². The SMILES string of the molecule is CC(C)N1CCc2cc(F)cc(C#N)c21. The predicted octanol–water partition coefficient (Wildman–Crippen LogP) is 2.47. The Morgan fingerprint density at radius 3 is 2.80 bits per heavy atom. The molecule has 0 amide bonds. The molecule has 0 atom stereocenters. The summed E-state index contributed by atoms with van der Waals surface area (Å²) in [5.41, 5.74) is 2.34. The molecule has 1 aromatic carbocycles. The van der Waals surface area contributed by atoms with Gasteiger partial charge in [-0.2, -0.15) is 5.26 Å². The lowest BCUT2D eigenvalue weighted by Gasteiger charge is -2.24. The molecule has 2 rings (SSSR count). The summed E-state index contributed by atoms with van der Waals surface area (Å²) >= 11 is 0. The highest BCUT2D eigenvalue weighted by molar-refractivity contribution is 5.67. The second kappa shape index (κ2) is 3.54. The van der Waals surface area contributed by atoms with Crippen molar-refractivity contribution in [2.75, 3.05) is 11.4 Å². The zero-order valence-corrected chi connectivity index (χ0v) is 8.92. The van der Waals surface area contributed by atoms with Crippen LogP contribution in [0.2, 0.25) is 0 Å². The van der Waals surface area contributed by atoms with Gasteiger partial charge in [0.15, 0.2) is 0 Å². The van der Waals surface area contributed by atoms with Gasteiger partial charge in [-0.05, 0) is 38.0 Å². The average molecular weight is 204 g/mol. The summed E-state index contributed by atoms with van der Waals surface area (Å²) in [5.74, 6) is -0.309. The van der Waals surface area contributed by atoms with Gasteiger partial charge in [-0.3, -0.25) is 0 Å². The smallest absolute Gasteiger partial charge is 0.124 e. The normalized spacial score (nSPS) is 14.2. The van der Waals surface area contributed by atoms with Gasteiger partial charge in [0.2, 0.25) is 0 Å². The molecule has 1 heterocycles. The predicted molar refractivity (Wildman–Crippen MR) is 57.3 cm³/mol. The first-order valence-electron chi connectivity index (χ1n) is 5.12. The number of rotatable bonds is 1. The van der Waals surface area contributed by atoms with Gasteiger partial charge in [-0.15, -0.1) is 0 Å². The fourth-order valence-corrected chi connectivity index (χ4v) is 2.14. The van der Waals surface area contributed by atoms with Crippen LogP contribution < -0.4 is 4.90 Å². The van der Waals surface area contributed by atoms with E-state index in [0.717, 1.165) is 24.2 Å². The number of nitriles is 1. The van der Waals surface area contributed by atoms with Crippen molar-refractivity contribution in [1.82, 2.24) is 0 Å². The van der Waals surface area contributed by atoms with Crippen LogP contribution in [0.5, 0.6) is 0 Å². The largest absolute Gasteiger partial charge is 0.367 e. The van der Waals surface area contributed by atoms with Crippen LogP contribution in [0.1, 0.15) is 25.0 Å². The molecule has 0 saturated heterocycles. The quantitative estimate of drug-likeness (QED) is 0.702. The van der Waals surface area contributed by atoms with Gasteiger partial charge < -0.3 is 4.90 Å². The standard InChI is InChI=1S/C12H13FN2/c1-8(2)15-4-3-9-5-11(13)6-10(7-14)12(9)15/h5-6,8H,3-4H2,1-2H3. The molecule has 0 radical (unpaired) electrons. The molecule has 1 aliphatic heterocycles. The van der Waals surface area contributed by atoms with E-state index >= 15 is 0 Å². The molecule has 0 aromatic heterocycles. The average Bonchev–Trinajstić information content (AvgIpc) is 2.59. The molecule has 15 heavy (non-hydrogen) atoms. The highest BCUT2D eigenvalue weighted by Crippen LogP contribution is 2.33. The van der Waals surface area contributed by atoms with Gasteiger partial charge in [-0.1, -0.05) is 0 Å². The van der Waals surface area contributed by atoms with Gasteiger partial charge >= 0.3 is 0 Å². The van der Waals surface area contributed by atoms with E-state index in [2.05, 4.69) is 24.8 Å². The van der Waals surface area contributed by atoms with Crippen molar-refractivity contribution in [1.29, 1.82) is 5.26 Å². The third kappa shape index (κ3) is 1.56. The number of hydrogen-bond acceptors (Lipinski definition) is 2. The fraction of sp³-hybridized carbons (Fsp3) is 0.417. The summed E-state index contributed by atoms with van der Waals surface area (Å²) in [5, 5.41) is 8.98. The van der Waals surface area contributed by atoms with Crippen LogP contribution in [0.4, 0.5) is 10.1 Å². The Kier molecular flexibility index (Phi) is 2.36. The fourth-order valence-electron chi connectivity index (χ4n) is 2.14. The van der Waals surface area contributed by atoms with Crippen molar-refractivity contribution >= 4 is 5.69 Å². The van der Waals surface area contributed by atoms with Crippen molar-refractivity contribution in [3.8, 4) is 6.07 Å². The molecule has 0 fully saturated rings. The second-order valence-electron chi connectivity index (χ2n) is 4.11. The lowest BCUT2D eigenvalue weighted by atomic mass is 10.1. The monoisotopic (exact) mass is 204 g/mol. The molecule has 0 unspecified atom stereocenters. The minimum atomic E-state index is -0.309. The first-order chi connectivity index (χ1) is 7.13. The van der Waals surface area contributed by atoms with Crippen LogP contribution in [0.15, 0.2) is 12.1 Å². The summed E-state index contributed by atoms with van der Waals surface area (Å²) < 4.78 is 13.2. The van der Waals surface area contributed by atoms with E-state index in [9.17, 15) is 4.39 Å². The van der Waals surface area contributed by atoms with E-state index in [-0.39, 0.29) is 5.82 Å². The van der Waals surface area contributed by atoms with E-state index in [1.165, 1.54) is 6.07 Å². The third-order valence-corrected chi connectivity index (χ3v) is 2.81. The molecular weight excluding hydrogens is 191 g/mol. The number of anilines is 1. The van der Waals surface area contributed by atoms with E-state index in [4.69, 9.17) is 5.26 Å². The Morgan fingerprint density at radius 1 is 1.47 bits per heavy atom. The number of nitrogens with zero attached hydrogens (tertiary/aromatic N) is 2. The van der Waals surface area contributed by atoms with E-state index in [1.807, 2.05) is 0 Å². The molecule has 0 bridgehead atoms. The van der Waals surface area contributed by atoms with Crippen molar-refractivity contribution in [3.63, 3.8) is 0 Å². The first-order valence-corrected chi connectivity index (χ1v) is 5.12. The molecule has 1 aromatic rings. The molecule has 78 valence electrons. The number of hydrogen-bond donors (Lipinski definition) is 0. The summed E-state index contributed by atoms with van der Waals surface area (Å²) in [6.07, 6.45) is 0.833. The maximum atomic E-state index is 13.2. The summed E-state index contributed by atoms with van der Waals surface area (Å²) in [7, 11) is 0. The topological polar surface area (TPSA) is 27.0 Å². The summed E-state index contributed by atoms with van der Waals surface area (Å²) in [6, 6.07) is 5.28. The van der Waals surface area contributed by atoms with Crippen LogP contribution in [0, 0.1) is 17.1 Å². The maximum Gasteiger partial charge on any atom is 0.124 e. The Bertz CT molecular complexity index is 432. The van der Waals surface area contributed by atoms with Crippen LogP contribution in [0.25, 0.3) is 0 Å². The molecule has 0 N–H and O–H groups in total. The maximum absolute atomic E-state index is 13.2. The molecule has 0 saturated carbocycles. The minimum Gasteiger partial charge on any atom is -0.367 e. The number of fused-ring (bicyclic) bond motifs is 1. The van der Waals surface area contributed by atoms with Crippen LogP contribution in [-0.2, 0) is 6.42 Å². The van der Waals surface area contributed by atoms with Crippen molar-refractivity contribution in [3.05, 3.63) is 29.1 Å². The van der Waals surface area contributed by atoms with Crippen molar-refractivity contribution in [2.45, 2.75) is 26.3 Å². The summed E-state index contributed by atoms with van der Waals surface area (Å²) in [6.45, 7) is 5.05. The van der Waals surface area contributed by atoms with Gasteiger partial charge in [0, 0.05) is 12.6 Å². The molecular formula is C12H13FN2. The molecule has 2 nitrogen and oxygen atoms in total. The van der Waals surface area contributed by atoms with Gasteiger partial charge in [-0.25, -0.2) is 4.39 Å². The molecule has 1 aliphatic rings. The minimum absolute atomic E-state index is 0.309. The van der Waals surface area contributed by atoms with Crippen molar-refractivity contribution < 1.29 is 4.39 Å². The third-order valence-electron chi connectivity index (χ3n) is 2.81. The van der Waals surface area contributed by atoms with E-state index in [1.54, 1.807) is 6.07 Å². The number of benzene rings is 1. The Labute approximate surface area is 88.9 Å². The lowest BCUT2D eigenvalue weighted by molar-refractivity contribution is 0.626. The second-order valence-corrected chi connectivity index (χ2v) is 4.11. The molecule has 0 aliphatic carbocycles.